The van der Waals surface area contributed by atoms with Crippen molar-refractivity contribution in [2.45, 2.75) is 26.9 Å². The number of fused-ring (bicyclic) bond motifs is 1. The molecule has 130 valence electrons. The second kappa shape index (κ2) is 6.80. The Morgan fingerprint density at radius 3 is 2.60 bits per heavy atom. The van der Waals surface area contributed by atoms with Gasteiger partial charge >= 0.3 is 5.69 Å². The van der Waals surface area contributed by atoms with Gasteiger partial charge in [0.2, 0.25) is 0 Å². The predicted octanol–water partition coefficient (Wildman–Crippen LogP) is 2.11. The molecule has 0 bridgehead atoms. The van der Waals surface area contributed by atoms with Gasteiger partial charge in [0, 0.05) is 13.1 Å². The number of aromatic amines is 1. The van der Waals surface area contributed by atoms with Gasteiger partial charge in [-0.15, -0.1) is 0 Å². The van der Waals surface area contributed by atoms with Crippen LogP contribution in [-0.4, -0.2) is 26.2 Å². The standard InChI is InChI=1S/C18H20N4O3/c1-4-21-16-15(17(23)22(5-2)18(21)24)19-14(20-16)10-9-12-7-6-8-13(11-12)25-3/h6-11H,4-5H2,1-3H3,(H,19,20)/b10-9+. The number of aryl methyl sites for hydroxylation is 1. The topological polar surface area (TPSA) is 81.9 Å². The molecular formula is C18H20N4O3. The molecule has 1 aromatic carbocycles. The van der Waals surface area contributed by atoms with Gasteiger partial charge in [-0.2, -0.15) is 0 Å². The van der Waals surface area contributed by atoms with Gasteiger partial charge in [0.25, 0.3) is 5.56 Å². The number of hydrogen-bond acceptors (Lipinski definition) is 4. The first kappa shape index (κ1) is 16.8. The fourth-order valence-corrected chi connectivity index (χ4v) is 2.75. The second-order valence-electron chi connectivity index (χ2n) is 5.51. The van der Waals surface area contributed by atoms with Gasteiger partial charge in [-0.1, -0.05) is 18.2 Å². The van der Waals surface area contributed by atoms with Crippen LogP contribution < -0.4 is 16.0 Å². The highest BCUT2D eigenvalue weighted by Crippen LogP contribution is 2.15. The largest absolute Gasteiger partial charge is 0.497 e. The summed E-state index contributed by atoms with van der Waals surface area (Å²) >= 11 is 0. The quantitative estimate of drug-likeness (QED) is 0.771. The summed E-state index contributed by atoms with van der Waals surface area (Å²) in [6.07, 6.45) is 3.64. The van der Waals surface area contributed by atoms with Crippen molar-refractivity contribution >= 4 is 23.3 Å². The van der Waals surface area contributed by atoms with E-state index in [9.17, 15) is 9.59 Å². The number of methoxy groups -OCH3 is 1. The number of imidazole rings is 1. The fraction of sp³-hybridized carbons (Fsp3) is 0.278. The van der Waals surface area contributed by atoms with Crippen LogP contribution in [-0.2, 0) is 13.1 Å². The lowest BCUT2D eigenvalue weighted by Crippen LogP contribution is -2.39. The van der Waals surface area contributed by atoms with Crippen molar-refractivity contribution in [2.24, 2.45) is 0 Å². The minimum absolute atomic E-state index is 0.321. The van der Waals surface area contributed by atoms with Crippen LogP contribution in [0, 0.1) is 0 Å². The fourth-order valence-electron chi connectivity index (χ4n) is 2.75. The molecule has 2 heterocycles. The summed E-state index contributed by atoms with van der Waals surface area (Å²) in [6, 6.07) is 7.59. The van der Waals surface area contributed by atoms with Crippen LogP contribution in [0.15, 0.2) is 33.9 Å². The second-order valence-corrected chi connectivity index (χ2v) is 5.51. The van der Waals surface area contributed by atoms with Gasteiger partial charge in [-0.3, -0.25) is 13.9 Å². The highest BCUT2D eigenvalue weighted by Gasteiger charge is 2.14. The van der Waals surface area contributed by atoms with Crippen LogP contribution in [0.4, 0.5) is 0 Å². The molecule has 25 heavy (non-hydrogen) atoms. The summed E-state index contributed by atoms with van der Waals surface area (Å²) in [5.41, 5.74) is 0.984. The van der Waals surface area contributed by atoms with E-state index in [0.29, 0.717) is 30.1 Å². The molecule has 2 aromatic heterocycles. The molecule has 7 nitrogen and oxygen atoms in total. The molecule has 3 rings (SSSR count). The van der Waals surface area contributed by atoms with Gasteiger partial charge in [-0.05, 0) is 37.6 Å². The maximum absolute atomic E-state index is 12.5. The minimum atomic E-state index is -0.347. The summed E-state index contributed by atoms with van der Waals surface area (Å²) in [4.78, 5) is 32.3. The first-order chi connectivity index (χ1) is 12.1. The highest BCUT2D eigenvalue weighted by atomic mass is 16.5. The molecule has 0 aliphatic rings. The molecule has 0 amide bonds. The third-order valence-electron chi connectivity index (χ3n) is 4.04. The average molecular weight is 340 g/mol. The van der Waals surface area contributed by atoms with E-state index >= 15 is 0 Å². The molecule has 3 aromatic rings. The molecule has 0 atom stereocenters. The molecule has 0 saturated carbocycles. The Balaban J connectivity index is 2.09. The number of nitrogens with one attached hydrogen (secondary N) is 1. The molecule has 0 spiro atoms. The van der Waals surface area contributed by atoms with Crippen LogP contribution in [0.1, 0.15) is 25.2 Å². The molecule has 0 fully saturated rings. The van der Waals surface area contributed by atoms with Crippen LogP contribution in [0.5, 0.6) is 5.75 Å². The van der Waals surface area contributed by atoms with Gasteiger partial charge < -0.3 is 9.72 Å². The highest BCUT2D eigenvalue weighted by molar-refractivity contribution is 5.75. The predicted molar refractivity (Wildman–Crippen MR) is 97.9 cm³/mol. The monoisotopic (exact) mass is 340 g/mol. The van der Waals surface area contributed by atoms with Crippen molar-refractivity contribution < 1.29 is 4.74 Å². The van der Waals surface area contributed by atoms with Crippen LogP contribution in [0.2, 0.25) is 0 Å². The summed E-state index contributed by atoms with van der Waals surface area (Å²) in [5.74, 6) is 1.28. The third-order valence-corrected chi connectivity index (χ3v) is 4.04. The van der Waals surface area contributed by atoms with Crippen LogP contribution in [0.25, 0.3) is 23.3 Å². The first-order valence-electron chi connectivity index (χ1n) is 8.14. The van der Waals surface area contributed by atoms with E-state index in [1.807, 2.05) is 37.3 Å². The Labute approximate surface area is 144 Å². The lowest BCUT2D eigenvalue weighted by molar-refractivity contribution is 0.414. The first-order valence-corrected chi connectivity index (χ1v) is 8.14. The van der Waals surface area contributed by atoms with Crippen molar-refractivity contribution in [2.75, 3.05) is 7.11 Å². The number of H-pyrrole nitrogens is 1. The van der Waals surface area contributed by atoms with Gasteiger partial charge in [-0.25, -0.2) is 9.78 Å². The van der Waals surface area contributed by atoms with Crippen molar-refractivity contribution in [1.29, 1.82) is 0 Å². The lowest BCUT2D eigenvalue weighted by Gasteiger charge is -2.06. The molecule has 0 aliphatic heterocycles. The average Bonchev–Trinajstić information content (AvgIpc) is 3.05. The van der Waals surface area contributed by atoms with Crippen LogP contribution >= 0.6 is 0 Å². The van der Waals surface area contributed by atoms with E-state index in [1.165, 1.54) is 9.13 Å². The van der Waals surface area contributed by atoms with Crippen molar-refractivity contribution in [3.05, 3.63) is 56.5 Å². The Hall–Kier alpha value is -3.09. The van der Waals surface area contributed by atoms with Crippen LogP contribution in [0.3, 0.4) is 0 Å². The maximum atomic E-state index is 12.5. The van der Waals surface area contributed by atoms with Gasteiger partial charge in [0.1, 0.15) is 17.1 Å². The maximum Gasteiger partial charge on any atom is 0.332 e. The van der Waals surface area contributed by atoms with E-state index in [4.69, 9.17) is 4.74 Å². The third kappa shape index (κ3) is 3.00. The van der Waals surface area contributed by atoms with E-state index in [0.717, 1.165) is 11.3 Å². The number of aromatic nitrogens is 4. The Kier molecular flexibility index (Phi) is 4.56. The SMILES string of the molecule is CCn1c(=O)c2[nH]c(/C=C/c3cccc(OC)c3)nc2n(CC)c1=O. The molecular weight excluding hydrogens is 320 g/mol. The molecule has 7 heteroatoms. The molecule has 0 aliphatic carbocycles. The Morgan fingerprint density at radius 1 is 1.16 bits per heavy atom. The van der Waals surface area contributed by atoms with Crippen molar-refractivity contribution in [3.63, 3.8) is 0 Å². The number of ether oxygens (including phenoxy) is 1. The molecule has 0 unspecified atom stereocenters. The summed E-state index contributed by atoms with van der Waals surface area (Å²) < 4.78 is 7.91. The Bertz CT molecular complexity index is 1060. The zero-order valence-electron chi connectivity index (χ0n) is 14.4. The number of hydrogen-bond donors (Lipinski definition) is 1. The summed E-state index contributed by atoms with van der Waals surface area (Å²) in [7, 11) is 1.62. The van der Waals surface area contributed by atoms with Gasteiger partial charge in [0.15, 0.2) is 5.65 Å². The van der Waals surface area contributed by atoms with E-state index in [2.05, 4.69) is 9.97 Å². The normalized spacial score (nSPS) is 11.5. The minimum Gasteiger partial charge on any atom is -0.497 e. The zero-order valence-corrected chi connectivity index (χ0v) is 14.4. The zero-order chi connectivity index (χ0) is 18.0. The van der Waals surface area contributed by atoms with Crippen molar-refractivity contribution in [3.8, 4) is 5.75 Å². The Morgan fingerprint density at radius 2 is 1.92 bits per heavy atom. The number of benzene rings is 1. The van der Waals surface area contributed by atoms with Crippen molar-refractivity contribution in [1.82, 2.24) is 19.1 Å². The summed E-state index contributed by atoms with van der Waals surface area (Å²) in [5, 5.41) is 0. The molecule has 1 N–H and O–H groups in total. The number of nitrogens with zero attached hydrogens (tertiary/aromatic N) is 3. The van der Waals surface area contributed by atoms with E-state index < -0.39 is 0 Å². The lowest BCUT2D eigenvalue weighted by atomic mass is 10.2. The summed E-state index contributed by atoms with van der Waals surface area (Å²) in [6.45, 7) is 4.39. The molecule has 0 radical (unpaired) electrons. The molecule has 0 saturated heterocycles. The van der Waals surface area contributed by atoms with Gasteiger partial charge in [0.05, 0.1) is 7.11 Å². The smallest absolute Gasteiger partial charge is 0.332 e. The number of rotatable bonds is 5. The van der Waals surface area contributed by atoms with E-state index in [1.54, 1.807) is 20.1 Å². The van der Waals surface area contributed by atoms with E-state index in [-0.39, 0.29) is 11.2 Å².